The van der Waals surface area contributed by atoms with Crippen molar-refractivity contribution in [3.63, 3.8) is 0 Å². The van der Waals surface area contributed by atoms with Crippen molar-refractivity contribution in [2.45, 2.75) is 0 Å². The lowest BCUT2D eigenvalue weighted by Gasteiger charge is -2.01. The molecular weight excluding hydrogens is 213 g/mol. The zero-order valence-corrected chi connectivity index (χ0v) is 8.23. The third-order valence-corrected chi connectivity index (χ3v) is 1.77. The van der Waals surface area contributed by atoms with Crippen molar-refractivity contribution in [3.8, 4) is 5.75 Å². The van der Waals surface area contributed by atoms with Crippen LogP contribution in [0.3, 0.4) is 0 Å². The van der Waals surface area contributed by atoms with Gasteiger partial charge in [0.05, 0.1) is 11.6 Å². The number of Topliss-reactive ketones (excluding diaryl/α,β-unsaturated/α-hetero) is 1. The van der Waals surface area contributed by atoms with Crippen LogP contribution in [0.4, 0.5) is 0 Å². The lowest BCUT2D eigenvalue weighted by Crippen LogP contribution is -2.13. The van der Waals surface area contributed by atoms with Gasteiger partial charge in [0.25, 0.3) is 0 Å². The van der Waals surface area contributed by atoms with Crippen LogP contribution < -0.4 is 5.73 Å². The van der Waals surface area contributed by atoms with Crippen molar-refractivity contribution in [1.82, 2.24) is 0 Å². The maximum Gasteiger partial charge on any atom is 0.178 e. The molecule has 0 radical (unpaired) electrons. The van der Waals surface area contributed by atoms with Crippen LogP contribution in [0.2, 0.25) is 5.02 Å². The van der Waals surface area contributed by atoms with Crippen LogP contribution in [0.5, 0.6) is 5.75 Å². The molecule has 0 fully saturated rings. The molecule has 1 rings (SSSR count). The van der Waals surface area contributed by atoms with Gasteiger partial charge in [0.1, 0.15) is 5.75 Å². The molecule has 0 saturated carbocycles. The zero-order valence-electron chi connectivity index (χ0n) is 6.66. The number of halogens is 2. The second-order valence-electron chi connectivity index (χ2n) is 2.29. The highest BCUT2D eigenvalue weighted by Gasteiger charge is 2.08. The average Bonchev–Trinajstić information content (AvgIpc) is 2.08. The molecule has 0 bridgehead atoms. The van der Waals surface area contributed by atoms with Gasteiger partial charge < -0.3 is 10.8 Å². The van der Waals surface area contributed by atoms with Gasteiger partial charge in [0.15, 0.2) is 5.78 Å². The number of nitrogens with two attached hydrogens (primary N) is 1. The van der Waals surface area contributed by atoms with Gasteiger partial charge in [-0.3, -0.25) is 4.79 Å². The lowest BCUT2D eigenvalue weighted by atomic mass is 10.1. The Morgan fingerprint density at radius 1 is 1.54 bits per heavy atom. The van der Waals surface area contributed by atoms with Gasteiger partial charge in [-0.1, -0.05) is 11.6 Å². The molecule has 0 atom stereocenters. The van der Waals surface area contributed by atoms with E-state index in [9.17, 15) is 4.79 Å². The van der Waals surface area contributed by atoms with Crippen molar-refractivity contribution in [2.24, 2.45) is 5.73 Å². The number of benzene rings is 1. The average molecular weight is 222 g/mol. The highest BCUT2D eigenvalue weighted by molar-refractivity contribution is 6.34. The summed E-state index contributed by atoms with van der Waals surface area (Å²) in [6.07, 6.45) is 0. The Balaban J connectivity index is 0.00000144. The van der Waals surface area contributed by atoms with E-state index in [4.69, 9.17) is 22.4 Å². The smallest absolute Gasteiger partial charge is 0.178 e. The van der Waals surface area contributed by atoms with Crippen LogP contribution in [-0.2, 0) is 0 Å². The van der Waals surface area contributed by atoms with E-state index in [1.807, 2.05) is 0 Å². The lowest BCUT2D eigenvalue weighted by molar-refractivity contribution is 0.100. The van der Waals surface area contributed by atoms with Crippen molar-refractivity contribution in [2.75, 3.05) is 6.54 Å². The molecule has 1 aromatic carbocycles. The van der Waals surface area contributed by atoms with Crippen LogP contribution in [0.15, 0.2) is 18.2 Å². The summed E-state index contributed by atoms with van der Waals surface area (Å²) in [5.41, 5.74) is 5.40. The van der Waals surface area contributed by atoms with Crippen LogP contribution in [0.25, 0.3) is 0 Å². The minimum Gasteiger partial charge on any atom is -0.508 e. The number of rotatable bonds is 2. The van der Waals surface area contributed by atoms with Crippen molar-refractivity contribution >= 4 is 29.8 Å². The highest BCUT2D eigenvalue weighted by Crippen LogP contribution is 2.20. The van der Waals surface area contributed by atoms with Gasteiger partial charge in [-0.05, 0) is 18.2 Å². The van der Waals surface area contributed by atoms with Crippen molar-refractivity contribution in [1.29, 1.82) is 0 Å². The second kappa shape index (κ2) is 5.07. The fourth-order valence-corrected chi connectivity index (χ4v) is 1.06. The Hall–Kier alpha value is -0.770. The number of carbonyl (C=O) groups is 1. The summed E-state index contributed by atoms with van der Waals surface area (Å²) in [5, 5.41) is 9.34. The summed E-state index contributed by atoms with van der Waals surface area (Å²) in [5.74, 6) is -0.271. The number of phenolic OH excluding ortho intramolecular Hbond substituents is 1. The molecule has 0 aliphatic rings. The van der Waals surface area contributed by atoms with Gasteiger partial charge in [0.2, 0.25) is 0 Å². The quantitative estimate of drug-likeness (QED) is 0.747. The molecule has 0 saturated heterocycles. The minimum absolute atomic E-state index is 0. The van der Waals surface area contributed by atoms with Crippen molar-refractivity contribution < 1.29 is 9.90 Å². The van der Waals surface area contributed by atoms with E-state index < -0.39 is 0 Å². The number of phenols is 1. The number of hydrogen-bond acceptors (Lipinski definition) is 3. The zero-order chi connectivity index (χ0) is 9.14. The number of hydrogen-bond donors (Lipinski definition) is 2. The predicted octanol–water partition coefficient (Wildman–Crippen LogP) is 1.61. The van der Waals surface area contributed by atoms with Gasteiger partial charge in [0, 0.05) is 5.56 Å². The molecule has 0 heterocycles. The fraction of sp³-hybridized carbons (Fsp3) is 0.125. The van der Waals surface area contributed by atoms with Crippen molar-refractivity contribution in [3.05, 3.63) is 28.8 Å². The van der Waals surface area contributed by atoms with E-state index in [1.54, 1.807) is 0 Å². The molecule has 0 unspecified atom stereocenters. The summed E-state index contributed by atoms with van der Waals surface area (Å²) in [4.78, 5) is 11.1. The number of ketones is 1. The standard InChI is InChI=1S/C8H8ClNO2.ClH/c9-7-2-1-5(11)3-6(7)8(12)4-10;/h1-3,11H,4,10H2;1H. The van der Waals surface area contributed by atoms with Gasteiger partial charge in [-0.25, -0.2) is 0 Å². The molecule has 0 amide bonds. The first-order chi connectivity index (χ1) is 5.65. The molecule has 13 heavy (non-hydrogen) atoms. The van der Waals surface area contributed by atoms with Crippen LogP contribution >= 0.6 is 24.0 Å². The monoisotopic (exact) mass is 221 g/mol. The molecule has 0 aliphatic carbocycles. The Morgan fingerprint density at radius 2 is 2.15 bits per heavy atom. The maximum atomic E-state index is 11.1. The number of carbonyl (C=O) groups excluding carboxylic acids is 1. The molecule has 1 aromatic rings. The van der Waals surface area contributed by atoms with E-state index in [-0.39, 0.29) is 36.0 Å². The molecule has 72 valence electrons. The molecule has 3 nitrogen and oxygen atoms in total. The Kier molecular flexibility index (Phi) is 4.77. The van der Waals surface area contributed by atoms with Gasteiger partial charge >= 0.3 is 0 Å². The summed E-state index contributed by atoms with van der Waals surface area (Å²) in [6.45, 7) is -0.108. The Morgan fingerprint density at radius 3 is 2.69 bits per heavy atom. The molecular formula is C8H9Cl2NO2. The first kappa shape index (κ1) is 12.2. The minimum atomic E-state index is -0.282. The molecule has 0 aromatic heterocycles. The Labute approximate surface area is 86.9 Å². The van der Waals surface area contributed by atoms with Crippen LogP contribution in [0, 0.1) is 0 Å². The van der Waals surface area contributed by atoms with Crippen LogP contribution in [-0.4, -0.2) is 17.4 Å². The third kappa shape index (κ3) is 2.88. The van der Waals surface area contributed by atoms with E-state index in [0.29, 0.717) is 5.02 Å². The predicted molar refractivity (Wildman–Crippen MR) is 53.7 cm³/mol. The summed E-state index contributed by atoms with van der Waals surface area (Å²) in [7, 11) is 0. The number of aromatic hydroxyl groups is 1. The summed E-state index contributed by atoms with van der Waals surface area (Å²) >= 11 is 5.68. The van der Waals surface area contributed by atoms with Crippen LogP contribution in [0.1, 0.15) is 10.4 Å². The van der Waals surface area contributed by atoms with E-state index in [0.717, 1.165) is 0 Å². The Bertz CT molecular complexity index is 315. The van der Waals surface area contributed by atoms with E-state index >= 15 is 0 Å². The maximum absolute atomic E-state index is 11.1. The second-order valence-corrected chi connectivity index (χ2v) is 2.70. The SMILES string of the molecule is Cl.NCC(=O)c1cc(O)ccc1Cl. The third-order valence-electron chi connectivity index (χ3n) is 1.44. The largest absolute Gasteiger partial charge is 0.508 e. The molecule has 0 spiro atoms. The van der Waals surface area contributed by atoms with E-state index in [2.05, 4.69) is 0 Å². The van der Waals surface area contributed by atoms with Gasteiger partial charge in [-0.2, -0.15) is 0 Å². The van der Waals surface area contributed by atoms with E-state index in [1.165, 1.54) is 18.2 Å². The topological polar surface area (TPSA) is 63.3 Å². The molecule has 5 heteroatoms. The fourth-order valence-electron chi connectivity index (χ4n) is 0.837. The normalized spacial score (nSPS) is 9.08. The molecule has 3 N–H and O–H groups in total. The summed E-state index contributed by atoms with van der Waals surface area (Å²) < 4.78 is 0. The summed E-state index contributed by atoms with van der Waals surface area (Å²) in [6, 6.07) is 4.17. The highest BCUT2D eigenvalue weighted by atomic mass is 35.5. The first-order valence-electron chi connectivity index (χ1n) is 3.37. The first-order valence-corrected chi connectivity index (χ1v) is 3.74. The molecule has 0 aliphatic heterocycles. The van der Waals surface area contributed by atoms with Gasteiger partial charge in [-0.15, -0.1) is 12.4 Å².